The van der Waals surface area contributed by atoms with Crippen LogP contribution < -0.4 is 5.32 Å². The molecule has 1 heterocycles. The SMILES string of the molecule is Cc1ccc([N+](=O)[O-])cc1NCc1cnn(C)c1C. The molecule has 0 aliphatic carbocycles. The smallest absolute Gasteiger partial charge is 0.271 e. The highest BCUT2D eigenvalue weighted by Crippen LogP contribution is 2.22. The van der Waals surface area contributed by atoms with E-state index >= 15 is 0 Å². The van der Waals surface area contributed by atoms with Gasteiger partial charge in [0.15, 0.2) is 0 Å². The first kappa shape index (κ1) is 13.1. The third-order valence-corrected chi connectivity index (χ3v) is 3.24. The molecule has 0 aliphatic heterocycles. The third-order valence-electron chi connectivity index (χ3n) is 3.24. The van der Waals surface area contributed by atoms with Crippen LogP contribution in [-0.4, -0.2) is 14.7 Å². The quantitative estimate of drug-likeness (QED) is 0.677. The number of hydrogen-bond donors (Lipinski definition) is 1. The first-order valence-corrected chi connectivity index (χ1v) is 5.95. The summed E-state index contributed by atoms with van der Waals surface area (Å²) in [5.74, 6) is 0. The number of nitro benzene ring substituents is 1. The predicted octanol–water partition coefficient (Wildman–Crippen LogP) is 2.56. The van der Waals surface area contributed by atoms with E-state index in [1.807, 2.05) is 20.9 Å². The van der Waals surface area contributed by atoms with E-state index in [1.54, 1.807) is 23.0 Å². The van der Waals surface area contributed by atoms with Crippen LogP contribution in [-0.2, 0) is 13.6 Å². The number of hydrogen-bond acceptors (Lipinski definition) is 4. The van der Waals surface area contributed by atoms with E-state index < -0.39 is 0 Å². The molecule has 1 aromatic carbocycles. The Hall–Kier alpha value is -2.37. The molecular weight excluding hydrogens is 244 g/mol. The number of aryl methyl sites for hydroxylation is 2. The summed E-state index contributed by atoms with van der Waals surface area (Å²) in [7, 11) is 1.89. The molecule has 0 bridgehead atoms. The van der Waals surface area contributed by atoms with Crippen LogP contribution in [0.3, 0.4) is 0 Å². The Kier molecular flexibility index (Phi) is 3.50. The van der Waals surface area contributed by atoms with Crippen molar-refractivity contribution in [3.8, 4) is 0 Å². The van der Waals surface area contributed by atoms with Crippen molar-refractivity contribution < 1.29 is 4.92 Å². The van der Waals surface area contributed by atoms with Gasteiger partial charge in [-0.3, -0.25) is 14.8 Å². The highest BCUT2D eigenvalue weighted by atomic mass is 16.6. The van der Waals surface area contributed by atoms with Crippen molar-refractivity contribution in [3.05, 3.63) is 51.3 Å². The lowest BCUT2D eigenvalue weighted by Crippen LogP contribution is -2.03. The molecule has 19 heavy (non-hydrogen) atoms. The molecule has 2 rings (SSSR count). The maximum absolute atomic E-state index is 10.8. The van der Waals surface area contributed by atoms with Gasteiger partial charge in [0.1, 0.15) is 0 Å². The molecule has 100 valence electrons. The fourth-order valence-electron chi connectivity index (χ4n) is 1.82. The second kappa shape index (κ2) is 5.09. The van der Waals surface area contributed by atoms with Crippen LogP contribution >= 0.6 is 0 Å². The normalized spacial score (nSPS) is 10.5. The predicted molar refractivity (Wildman–Crippen MR) is 73.1 cm³/mol. The number of rotatable bonds is 4. The summed E-state index contributed by atoms with van der Waals surface area (Å²) in [4.78, 5) is 10.4. The van der Waals surface area contributed by atoms with Crippen molar-refractivity contribution in [2.45, 2.75) is 20.4 Å². The van der Waals surface area contributed by atoms with Gasteiger partial charge in [-0.05, 0) is 19.4 Å². The van der Waals surface area contributed by atoms with Crippen molar-refractivity contribution in [1.29, 1.82) is 0 Å². The van der Waals surface area contributed by atoms with Crippen molar-refractivity contribution in [3.63, 3.8) is 0 Å². The number of nitrogens with zero attached hydrogens (tertiary/aromatic N) is 3. The molecule has 6 nitrogen and oxygen atoms in total. The lowest BCUT2D eigenvalue weighted by molar-refractivity contribution is -0.384. The van der Waals surface area contributed by atoms with Crippen LogP contribution in [0.5, 0.6) is 0 Å². The average Bonchev–Trinajstić information content (AvgIpc) is 2.69. The Morgan fingerprint density at radius 1 is 1.42 bits per heavy atom. The molecule has 0 unspecified atom stereocenters. The van der Waals surface area contributed by atoms with Crippen LogP contribution in [0.4, 0.5) is 11.4 Å². The molecule has 6 heteroatoms. The van der Waals surface area contributed by atoms with Gasteiger partial charge in [0.25, 0.3) is 5.69 Å². The second-order valence-corrected chi connectivity index (χ2v) is 4.49. The van der Waals surface area contributed by atoms with Gasteiger partial charge >= 0.3 is 0 Å². The van der Waals surface area contributed by atoms with E-state index in [0.29, 0.717) is 6.54 Å². The summed E-state index contributed by atoms with van der Waals surface area (Å²) < 4.78 is 1.80. The van der Waals surface area contributed by atoms with Crippen molar-refractivity contribution in [2.75, 3.05) is 5.32 Å². The summed E-state index contributed by atoms with van der Waals surface area (Å²) in [5.41, 5.74) is 4.00. The van der Waals surface area contributed by atoms with E-state index in [2.05, 4.69) is 10.4 Å². The monoisotopic (exact) mass is 260 g/mol. The van der Waals surface area contributed by atoms with Crippen molar-refractivity contribution in [1.82, 2.24) is 9.78 Å². The van der Waals surface area contributed by atoms with Crippen LogP contribution in [0, 0.1) is 24.0 Å². The summed E-state index contributed by atoms with van der Waals surface area (Å²) >= 11 is 0. The number of nitrogens with one attached hydrogen (secondary N) is 1. The van der Waals surface area contributed by atoms with Crippen molar-refractivity contribution >= 4 is 11.4 Å². The van der Waals surface area contributed by atoms with Crippen LogP contribution in [0.2, 0.25) is 0 Å². The molecule has 0 saturated heterocycles. The Morgan fingerprint density at radius 2 is 2.16 bits per heavy atom. The highest BCUT2D eigenvalue weighted by Gasteiger charge is 2.09. The van der Waals surface area contributed by atoms with Crippen LogP contribution in [0.15, 0.2) is 24.4 Å². The molecule has 0 atom stereocenters. The van der Waals surface area contributed by atoms with Crippen LogP contribution in [0.25, 0.3) is 0 Å². The largest absolute Gasteiger partial charge is 0.380 e. The molecular formula is C13H16N4O2. The number of anilines is 1. The fraction of sp³-hybridized carbons (Fsp3) is 0.308. The number of nitro groups is 1. The zero-order chi connectivity index (χ0) is 14.0. The zero-order valence-corrected chi connectivity index (χ0v) is 11.2. The molecule has 0 aliphatic rings. The van der Waals surface area contributed by atoms with Crippen LogP contribution in [0.1, 0.15) is 16.8 Å². The maximum Gasteiger partial charge on any atom is 0.271 e. The zero-order valence-electron chi connectivity index (χ0n) is 11.2. The number of benzene rings is 1. The molecule has 0 saturated carbocycles. The maximum atomic E-state index is 10.8. The summed E-state index contributed by atoms with van der Waals surface area (Å²) in [6, 6.07) is 4.81. The highest BCUT2D eigenvalue weighted by molar-refractivity contribution is 5.57. The average molecular weight is 260 g/mol. The summed E-state index contributed by atoms with van der Waals surface area (Å²) in [6.45, 7) is 4.51. The molecule has 0 amide bonds. The molecule has 1 aromatic heterocycles. The van der Waals surface area contributed by atoms with Gasteiger partial charge in [-0.25, -0.2) is 0 Å². The Bertz CT molecular complexity index is 619. The van der Waals surface area contributed by atoms with Gasteiger partial charge in [0.2, 0.25) is 0 Å². The Labute approximate surface area is 111 Å². The van der Waals surface area contributed by atoms with Gasteiger partial charge in [-0.15, -0.1) is 0 Å². The molecule has 0 spiro atoms. The lowest BCUT2D eigenvalue weighted by atomic mass is 10.1. The minimum Gasteiger partial charge on any atom is -0.380 e. The van der Waals surface area contributed by atoms with Crippen molar-refractivity contribution in [2.24, 2.45) is 7.05 Å². The van der Waals surface area contributed by atoms with Gasteiger partial charge < -0.3 is 5.32 Å². The van der Waals surface area contributed by atoms with E-state index in [4.69, 9.17) is 0 Å². The van der Waals surface area contributed by atoms with Gasteiger partial charge in [0, 0.05) is 42.7 Å². The minimum atomic E-state index is -0.389. The standard InChI is InChI=1S/C13H16N4O2/c1-9-4-5-12(17(18)19)6-13(9)14-7-11-8-15-16(3)10(11)2/h4-6,8,14H,7H2,1-3H3. The molecule has 0 fully saturated rings. The minimum absolute atomic E-state index is 0.0935. The fourth-order valence-corrected chi connectivity index (χ4v) is 1.82. The third kappa shape index (κ3) is 2.73. The Morgan fingerprint density at radius 3 is 2.74 bits per heavy atom. The van der Waals surface area contributed by atoms with Gasteiger partial charge in [-0.1, -0.05) is 6.07 Å². The topological polar surface area (TPSA) is 73.0 Å². The molecule has 1 N–H and O–H groups in total. The van der Waals surface area contributed by atoms with E-state index in [9.17, 15) is 10.1 Å². The summed E-state index contributed by atoms with van der Waals surface area (Å²) in [6.07, 6.45) is 1.80. The molecule has 0 radical (unpaired) electrons. The Balaban J connectivity index is 2.17. The summed E-state index contributed by atoms with van der Waals surface area (Å²) in [5, 5.41) is 18.1. The van der Waals surface area contributed by atoms with Gasteiger partial charge in [0.05, 0.1) is 11.1 Å². The lowest BCUT2D eigenvalue weighted by Gasteiger charge is -2.09. The van der Waals surface area contributed by atoms with E-state index in [1.165, 1.54) is 6.07 Å². The molecule has 2 aromatic rings. The second-order valence-electron chi connectivity index (χ2n) is 4.49. The first-order chi connectivity index (χ1) is 8.99. The van der Waals surface area contributed by atoms with Gasteiger partial charge in [-0.2, -0.15) is 5.10 Å². The number of non-ortho nitro benzene ring substituents is 1. The first-order valence-electron chi connectivity index (χ1n) is 5.95. The number of aromatic nitrogens is 2. The van der Waals surface area contributed by atoms with E-state index in [0.717, 1.165) is 22.5 Å². The van der Waals surface area contributed by atoms with E-state index in [-0.39, 0.29) is 10.6 Å².